The summed E-state index contributed by atoms with van der Waals surface area (Å²) >= 11 is 0. The van der Waals surface area contributed by atoms with Crippen molar-refractivity contribution in [1.82, 2.24) is 14.1 Å². The van der Waals surface area contributed by atoms with Crippen LogP contribution in [0.4, 0.5) is 0 Å². The molecule has 0 aliphatic heterocycles. The van der Waals surface area contributed by atoms with Gasteiger partial charge in [-0.1, -0.05) is 72.8 Å². The summed E-state index contributed by atoms with van der Waals surface area (Å²) in [5.74, 6) is 0. The molecule has 0 N–H and O–H groups in total. The van der Waals surface area contributed by atoms with E-state index in [9.17, 15) is 0 Å². The lowest BCUT2D eigenvalue weighted by atomic mass is 10.1. The van der Waals surface area contributed by atoms with Crippen molar-refractivity contribution in [2.75, 3.05) is 0 Å². The van der Waals surface area contributed by atoms with Gasteiger partial charge in [0.05, 0.1) is 27.6 Å². The van der Waals surface area contributed by atoms with E-state index >= 15 is 0 Å². The molecule has 7 rings (SSSR count). The highest BCUT2D eigenvalue weighted by molar-refractivity contribution is 6.21. The number of hydrogen-bond acceptors (Lipinski definition) is 1. The van der Waals surface area contributed by atoms with Gasteiger partial charge in [-0.25, -0.2) is 0 Å². The van der Waals surface area contributed by atoms with E-state index in [1.807, 2.05) is 12.3 Å². The lowest BCUT2D eigenvalue weighted by molar-refractivity contribution is 1.07. The number of fused-ring (bicyclic) bond motifs is 6. The summed E-state index contributed by atoms with van der Waals surface area (Å²) in [5.41, 5.74) is 6.78. The van der Waals surface area contributed by atoms with E-state index in [-0.39, 0.29) is 0 Å². The van der Waals surface area contributed by atoms with Gasteiger partial charge in [-0.3, -0.25) is 14.1 Å². The van der Waals surface area contributed by atoms with Gasteiger partial charge < -0.3 is 0 Å². The molecule has 0 amide bonds. The van der Waals surface area contributed by atoms with Crippen LogP contribution in [0.15, 0.2) is 115 Å². The first-order chi connectivity index (χ1) is 15.9. The van der Waals surface area contributed by atoms with Crippen LogP contribution in [-0.2, 0) is 0 Å². The molecule has 7 aromatic rings. The van der Waals surface area contributed by atoms with Gasteiger partial charge in [0.1, 0.15) is 5.65 Å². The number of benzene rings is 4. The van der Waals surface area contributed by atoms with E-state index in [0.29, 0.717) is 0 Å². The fourth-order valence-corrected chi connectivity index (χ4v) is 5.04. The molecule has 0 spiro atoms. The van der Waals surface area contributed by atoms with Gasteiger partial charge in [-0.2, -0.15) is 0 Å². The summed E-state index contributed by atoms with van der Waals surface area (Å²) in [6.45, 7) is 0. The fourth-order valence-electron chi connectivity index (χ4n) is 5.04. The second-order valence-corrected chi connectivity index (χ2v) is 8.09. The van der Waals surface area contributed by atoms with Gasteiger partial charge >= 0.3 is 0 Å². The molecule has 0 saturated heterocycles. The van der Waals surface area contributed by atoms with Gasteiger partial charge in [0.25, 0.3) is 0 Å². The molecule has 0 aliphatic carbocycles. The molecule has 32 heavy (non-hydrogen) atoms. The zero-order chi connectivity index (χ0) is 21.1. The zero-order valence-corrected chi connectivity index (χ0v) is 17.3. The normalized spacial score (nSPS) is 11.8. The Bertz CT molecular complexity index is 1770. The molecule has 0 atom stereocenters. The number of hydrogen-bond donors (Lipinski definition) is 0. The zero-order valence-electron chi connectivity index (χ0n) is 17.3. The third-order valence-electron chi connectivity index (χ3n) is 6.35. The minimum atomic E-state index is 1.03. The Morgan fingerprint density at radius 2 is 1.25 bits per heavy atom. The molecular weight excluding hydrogens is 390 g/mol. The Morgan fingerprint density at radius 1 is 0.531 bits per heavy atom. The van der Waals surface area contributed by atoms with Crippen molar-refractivity contribution < 1.29 is 0 Å². The lowest BCUT2D eigenvalue weighted by Gasteiger charge is -2.14. The predicted octanol–water partition coefficient (Wildman–Crippen LogP) is 7.28. The smallest absolute Gasteiger partial charge is 0.133 e. The van der Waals surface area contributed by atoms with Crippen LogP contribution in [0.1, 0.15) is 0 Å². The molecule has 3 aromatic heterocycles. The quantitative estimate of drug-likeness (QED) is 0.294. The Labute approximate surface area is 184 Å². The summed E-state index contributed by atoms with van der Waals surface area (Å²) in [6.07, 6.45) is 1.89. The standard InChI is InChI=1S/C29H19N3/c1-2-12-21(13-3-1)31-25-16-7-6-15-23(25)27-28-26(18-9-19-30-28)32(29(27)31)24-17-8-11-20-10-4-5-14-22(20)24/h1-19H. The molecule has 150 valence electrons. The molecule has 0 unspecified atom stereocenters. The van der Waals surface area contributed by atoms with Crippen molar-refractivity contribution in [3.8, 4) is 11.4 Å². The van der Waals surface area contributed by atoms with Crippen molar-refractivity contribution >= 4 is 43.7 Å². The Hall–Kier alpha value is -4.37. The highest BCUT2D eigenvalue weighted by Gasteiger charge is 2.23. The van der Waals surface area contributed by atoms with Crippen LogP contribution >= 0.6 is 0 Å². The summed E-state index contributed by atoms with van der Waals surface area (Å²) in [7, 11) is 0. The Morgan fingerprint density at radius 3 is 2.16 bits per heavy atom. The molecule has 3 heteroatoms. The van der Waals surface area contributed by atoms with Crippen LogP contribution in [0.2, 0.25) is 0 Å². The van der Waals surface area contributed by atoms with Crippen molar-refractivity contribution in [3.05, 3.63) is 115 Å². The minimum absolute atomic E-state index is 1.03. The van der Waals surface area contributed by atoms with Crippen LogP contribution in [-0.4, -0.2) is 14.1 Å². The maximum atomic E-state index is 4.86. The molecule has 0 aliphatic rings. The first kappa shape index (κ1) is 17.3. The largest absolute Gasteiger partial charge is 0.295 e. The minimum Gasteiger partial charge on any atom is -0.295 e. The number of rotatable bonds is 2. The highest BCUT2D eigenvalue weighted by atomic mass is 15.1. The molecular formula is C29H19N3. The predicted molar refractivity (Wildman–Crippen MR) is 133 cm³/mol. The fraction of sp³-hybridized carbons (Fsp3) is 0. The highest BCUT2D eigenvalue weighted by Crippen LogP contribution is 2.40. The third kappa shape index (κ3) is 2.28. The maximum absolute atomic E-state index is 4.86. The number of para-hydroxylation sites is 2. The second kappa shape index (κ2) is 6.56. The van der Waals surface area contributed by atoms with E-state index in [0.717, 1.165) is 28.1 Å². The van der Waals surface area contributed by atoms with Crippen LogP contribution < -0.4 is 0 Å². The monoisotopic (exact) mass is 409 g/mol. The number of pyridine rings is 1. The van der Waals surface area contributed by atoms with Crippen LogP contribution in [0.3, 0.4) is 0 Å². The molecule has 0 radical (unpaired) electrons. The van der Waals surface area contributed by atoms with Gasteiger partial charge in [-0.15, -0.1) is 0 Å². The molecule has 3 heterocycles. The Kier molecular flexibility index (Phi) is 3.55. The first-order valence-corrected chi connectivity index (χ1v) is 10.8. The van der Waals surface area contributed by atoms with Crippen molar-refractivity contribution in [2.24, 2.45) is 0 Å². The first-order valence-electron chi connectivity index (χ1n) is 10.8. The van der Waals surface area contributed by atoms with Crippen molar-refractivity contribution in [3.63, 3.8) is 0 Å². The number of aromatic nitrogens is 3. The summed E-state index contributed by atoms with van der Waals surface area (Å²) in [6, 6.07) is 38.5. The molecule has 0 bridgehead atoms. The second-order valence-electron chi connectivity index (χ2n) is 8.09. The molecule has 4 aromatic carbocycles. The topological polar surface area (TPSA) is 22.8 Å². The average molecular weight is 409 g/mol. The molecule has 0 saturated carbocycles. The van der Waals surface area contributed by atoms with Gasteiger partial charge in [-0.05, 0) is 41.8 Å². The summed E-state index contributed by atoms with van der Waals surface area (Å²) < 4.78 is 4.75. The van der Waals surface area contributed by atoms with Crippen LogP contribution in [0.25, 0.3) is 55.1 Å². The van der Waals surface area contributed by atoms with E-state index in [4.69, 9.17) is 4.98 Å². The summed E-state index contributed by atoms with van der Waals surface area (Å²) in [4.78, 5) is 4.86. The van der Waals surface area contributed by atoms with E-state index in [2.05, 4.69) is 112 Å². The van der Waals surface area contributed by atoms with E-state index in [1.165, 1.54) is 27.1 Å². The van der Waals surface area contributed by atoms with Crippen molar-refractivity contribution in [1.29, 1.82) is 0 Å². The Balaban J connectivity index is 1.78. The van der Waals surface area contributed by atoms with E-state index in [1.54, 1.807) is 0 Å². The number of nitrogens with zero attached hydrogens (tertiary/aromatic N) is 3. The van der Waals surface area contributed by atoms with Crippen molar-refractivity contribution in [2.45, 2.75) is 0 Å². The van der Waals surface area contributed by atoms with Crippen LogP contribution in [0.5, 0.6) is 0 Å². The molecule has 3 nitrogen and oxygen atoms in total. The summed E-state index contributed by atoms with van der Waals surface area (Å²) in [5, 5.41) is 4.86. The van der Waals surface area contributed by atoms with E-state index < -0.39 is 0 Å². The van der Waals surface area contributed by atoms with Gasteiger partial charge in [0.15, 0.2) is 0 Å². The molecule has 0 fully saturated rings. The SMILES string of the molecule is c1ccc(-n2c3ccccc3c3c4ncccc4n(-c4cccc5ccccc45)c32)cc1. The van der Waals surface area contributed by atoms with Gasteiger partial charge in [0, 0.05) is 22.7 Å². The van der Waals surface area contributed by atoms with Gasteiger partial charge in [0.2, 0.25) is 0 Å². The third-order valence-corrected chi connectivity index (χ3v) is 6.35. The maximum Gasteiger partial charge on any atom is 0.133 e. The van der Waals surface area contributed by atoms with Crippen LogP contribution in [0, 0.1) is 0 Å². The lowest BCUT2D eigenvalue weighted by Crippen LogP contribution is -2.02. The average Bonchev–Trinajstić information content (AvgIpc) is 3.37.